The van der Waals surface area contributed by atoms with Crippen LogP contribution < -0.4 is 4.74 Å². The minimum Gasteiger partial charge on any atom is -0.423 e. The minimum atomic E-state index is -0.843. The topological polar surface area (TPSA) is 26.3 Å². The molecule has 0 spiro atoms. The smallest absolute Gasteiger partial charge is 0.311 e. The summed E-state index contributed by atoms with van der Waals surface area (Å²) in [5, 5.41) is 0. The molecule has 1 aromatic rings. The van der Waals surface area contributed by atoms with Crippen molar-refractivity contribution in [3.05, 3.63) is 29.8 Å². The van der Waals surface area contributed by atoms with Crippen LogP contribution in [-0.4, -0.2) is 5.97 Å². The van der Waals surface area contributed by atoms with Crippen LogP contribution in [0.5, 0.6) is 5.75 Å². The van der Waals surface area contributed by atoms with Gasteiger partial charge in [-0.15, -0.1) is 0 Å². The molecule has 0 aromatic heterocycles. The van der Waals surface area contributed by atoms with Gasteiger partial charge in [-0.1, -0.05) is 32.6 Å². The Bertz CT molecular complexity index is 466. The summed E-state index contributed by atoms with van der Waals surface area (Å²) < 4.78 is 31.0. The van der Waals surface area contributed by atoms with E-state index in [1.54, 1.807) is 0 Å². The van der Waals surface area contributed by atoms with Gasteiger partial charge in [0.1, 0.15) is 5.82 Å². The Morgan fingerprint density at radius 2 is 1.95 bits per heavy atom. The van der Waals surface area contributed by atoms with E-state index in [0.717, 1.165) is 37.3 Å². The lowest BCUT2D eigenvalue weighted by Gasteiger charge is -2.25. The monoisotopic (exact) mass is 282 g/mol. The third-order valence-electron chi connectivity index (χ3n) is 4.01. The molecule has 0 bridgehead atoms. The van der Waals surface area contributed by atoms with Gasteiger partial charge in [0.15, 0.2) is 11.6 Å². The Morgan fingerprint density at radius 1 is 1.25 bits per heavy atom. The largest absolute Gasteiger partial charge is 0.423 e. The maximum atomic E-state index is 13.3. The third kappa shape index (κ3) is 4.29. The lowest BCUT2D eigenvalue weighted by Crippen LogP contribution is -2.15. The van der Waals surface area contributed by atoms with Crippen LogP contribution in [0.2, 0.25) is 0 Å². The summed E-state index contributed by atoms with van der Waals surface area (Å²) in [6.45, 7) is 2.25. The van der Waals surface area contributed by atoms with Crippen molar-refractivity contribution in [2.75, 3.05) is 0 Å². The van der Waals surface area contributed by atoms with E-state index in [-0.39, 0.29) is 12.2 Å². The molecule has 20 heavy (non-hydrogen) atoms. The van der Waals surface area contributed by atoms with Crippen LogP contribution in [0, 0.1) is 23.5 Å². The molecule has 0 saturated heterocycles. The minimum absolute atomic E-state index is 0.200. The number of hydrogen-bond acceptors (Lipinski definition) is 2. The second kappa shape index (κ2) is 6.82. The van der Waals surface area contributed by atoms with Crippen molar-refractivity contribution in [3.63, 3.8) is 0 Å². The van der Waals surface area contributed by atoms with Gasteiger partial charge in [-0.3, -0.25) is 4.79 Å². The molecule has 4 heteroatoms. The second-order valence-corrected chi connectivity index (χ2v) is 5.71. The molecule has 1 aliphatic carbocycles. The average molecular weight is 282 g/mol. The predicted octanol–water partition coefficient (Wildman–Crippen LogP) is 4.48. The summed E-state index contributed by atoms with van der Waals surface area (Å²) >= 11 is 0. The van der Waals surface area contributed by atoms with Gasteiger partial charge in [-0.25, -0.2) is 8.78 Å². The lowest BCUT2D eigenvalue weighted by atomic mass is 9.81. The molecule has 1 fully saturated rings. The molecule has 1 aromatic carbocycles. The summed E-state index contributed by atoms with van der Waals surface area (Å²) in [6.07, 6.45) is 5.81. The first-order valence-electron chi connectivity index (χ1n) is 7.20. The van der Waals surface area contributed by atoms with Crippen molar-refractivity contribution >= 4 is 5.97 Å². The van der Waals surface area contributed by atoms with Crippen LogP contribution in [0.1, 0.15) is 45.4 Å². The Kier molecular flexibility index (Phi) is 5.10. The van der Waals surface area contributed by atoms with Crippen LogP contribution in [0.25, 0.3) is 0 Å². The van der Waals surface area contributed by atoms with E-state index in [0.29, 0.717) is 12.0 Å². The quantitative estimate of drug-likeness (QED) is 0.601. The van der Waals surface area contributed by atoms with Gasteiger partial charge in [-0.2, -0.15) is 0 Å². The van der Waals surface area contributed by atoms with Crippen molar-refractivity contribution in [1.82, 2.24) is 0 Å². The molecule has 110 valence electrons. The molecule has 0 aliphatic heterocycles. The molecule has 0 N–H and O–H groups in total. The summed E-state index contributed by atoms with van der Waals surface area (Å²) in [7, 11) is 0. The molecule has 1 saturated carbocycles. The Balaban J connectivity index is 1.78. The summed E-state index contributed by atoms with van der Waals surface area (Å²) in [4.78, 5) is 11.7. The van der Waals surface area contributed by atoms with Crippen molar-refractivity contribution in [3.8, 4) is 5.75 Å². The predicted molar refractivity (Wildman–Crippen MR) is 72.3 cm³/mol. The first-order valence-corrected chi connectivity index (χ1v) is 7.20. The molecule has 2 nitrogen and oxygen atoms in total. The van der Waals surface area contributed by atoms with Gasteiger partial charge in [0.25, 0.3) is 0 Å². The van der Waals surface area contributed by atoms with Crippen molar-refractivity contribution in [2.24, 2.45) is 11.8 Å². The zero-order valence-corrected chi connectivity index (χ0v) is 11.7. The summed E-state index contributed by atoms with van der Waals surface area (Å²) in [5.74, 6) is -0.824. The van der Waals surface area contributed by atoms with E-state index in [1.807, 2.05) is 0 Å². The molecule has 0 unspecified atom stereocenters. The Labute approximate surface area is 118 Å². The molecular formula is C16H20F2O2. The molecule has 0 heterocycles. The number of carbonyl (C=O) groups excluding carboxylic acids is 1. The highest BCUT2D eigenvalue weighted by Crippen LogP contribution is 2.31. The van der Waals surface area contributed by atoms with Crippen molar-refractivity contribution in [2.45, 2.75) is 45.4 Å². The van der Waals surface area contributed by atoms with Crippen LogP contribution in [0.15, 0.2) is 18.2 Å². The number of hydrogen-bond donors (Lipinski definition) is 0. The van der Waals surface area contributed by atoms with Crippen molar-refractivity contribution < 1.29 is 18.3 Å². The molecule has 1 aliphatic rings. The van der Waals surface area contributed by atoms with E-state index in [4.69, 9.17) is 4.74 Å². The Hall–Kier alpha value is -1.45. The number of carbonyl (C=O) groups is 1. The zero-order valence-electron chi connectivity index (χ0n) is 11.7. The highest BCUT2D eigenvalue weighted by atomic mass is 19.1. The molecular weight excluding hydrogens is 262 g/mol. The van der Waals surface area contributed by atoms with Crippen LogP contribution in [0.4, 0.5) is 8.78 Å². The van der Waals surface area contributed by atoms with Gasteiger partial charge in [0.05, 0.1) is 0 Å². The first-order chi connectivity index (χ1) is 9.54. The fraction of sp³-hybridized carbons (Fsp3) is 0.562. The second-order valence-electron chi connectivity index (χ2n) is 5.71. The fourth-order valence-corrected chi connectivity index (χ4v) is 2.67. The van der Waals surface area contributed by atoms with Gasteiger partial charge >= 0.3 is 5.97 Å². The standard InChI is InChI=1S/C16H20F2O2/c1-11-2-4-12(5-3-11)6-9-16(19)20-15-8-7-13(17)10-14(15)18/h7-8,10-12H,2-6,9H2,1H3. The average Bonchev–Trinajstić information content (AvgIpc) is 2.41. The van der Waals surface area contributed by atoms with E-state index >= 15 is 0 Å². The number of benzene rings is 1. The number of esters is 1. The fourth-order valence-electron chi connectivity index (χ4n) is 2.67. The van der Waals surface area contributed by atoms with E-state index in [2.05, 4.69) is 6.92 Å². The summed E-state index contributed by atoms with van der Waals surface area (Å²) in [5.41, 5.74) is 0. The van der Waals surface area contributed by atoms with E-state index in [1.165, 1.54) is 12.8 Å². The van der Waals surface area contributed by atoms with Crippen molar-refractivity contribution in [1.29, 1.82) is 0 Å². The number of rotatable bonds is 4. The first kappa shape index (κ1) is 14.9. The summed E-state index contributed by atoms with van der Waals surface area (Å²) in [6, 6.07) is 2.93. The molecule has 2 rings (SSSR count). The highest BCUT2D eigenvalue weighted by Gasteiger charge is 2.19. The maximum Gasteiger partial charge on any atom is 0.311 e. The third-order valence-corrected chi connectivity index (χ3v) is 4.01. The van der Waals surface area contributed by atoms with Gasteiger partial charge in [-0.05, 0) is 30.4 Å². The lowest BCUT2D eigenvalue weighted by molar-refractivity contribution is -0.135. The Morgan fingerprint density at radius 3 is 2.60 bits per heavy atom. The van der Waals surface area contributed by atoms with Gasteiger partial charge in [0, 0.05) is 12.5 Å². The van der Waals surface area contributed by atoms with Crippen LogP contribution >= 0.6 is 0 Å². The number of ether oxygens (including phenoxy) is 1. The molecule has 0 amide bonds. The molecule has 0 radical (unpaired) electrons. The maximum absolute atomic E-state index is 13.3. The van der Waals surface area contributed by atoms with Crippen LogP contribution in [-0.2, 0) is 4.79 Å². The van der Waals surface area contributed by atoms with E-state index in [9.17, 15) is 13.6 Å². The zero-order chi connectivity index (χ0) is 14.5. The van der Waals surface area contributed by atoms with E-state index < -0.39 is 17.6 Å². The molecule has 0 atom stereocenters. The highest BCUT2D eigenvalue weighted by molar-refractivity contribution is 5.72. The van der Waals surface area contributed by atoms with Gasteiger partial charge < -0.3 is 4.74 Å². The van der Waals surface area contributed by atoms with Gasteiger partial charge in [0.2, 0.25) is 0 Å². The van der Waals surface area contributed by atoms with Crippen LogP contribution in [0.3, 0.4) is 0 Å². The SMILES string of the molecule is CC1CCC(CCC(=O)Oc2ccc(F)cc2F)CC1. The number of halogens is 2. The normalized spacial score (nSPS) is 22.6.